The number of rotatable bonds is 1. The molecule has 2 heteroatoms. The summed E-state index contributed by atoms with van der Waals surface area (Å²) in [7, 11) is 0. The van der Waals surface area contributed by atoms with Crippen LogP contribution >= 0.6 is 0 Å². The third kappa shape index (κ3) is 1.87. The zero-order chi connectivity index (χ0) is 7.40. The van der Waals surface area contributed by atoms with Crippen molar-refractivity contribution in [3.63, 3.8) is 0 Å². The van der Waals surface area contributed by atoms with Crippen LogP contribution in [0.25, 0.3) is 0 Å². The fourth-order valence-corrected chi connectivity index (χ4v) is 1.21. The van der Waals surface area contributed by atoms with Gasteiger partial charge in [0.25, 0.3) is 0 Å². The molecule has 10 heavy (non-hydrogen) atoms. The average molecular weight is 140 g/mol. The summed E-state index contributed by atoms with van der Waals surface area (Å²) in [6, 6.07) is 0. The summed E-state index contributed by atoms with van der Waals surface area (Å²) in [6.45, 7) is 0. The molecule has 56 valence electrons. The van der Waals surface area contributed by atoms with Crippen LogP contribution in [-0.2, 0) is 4.79 Å². The van der Waals surface area contributed by atoms with Gasteiger partial charge in [0.1, 0.15) is 0 Å². The van der Waals surface area contributed by atoms with Crippen LogP contribution in [-0.4, -0.2) is 11.1 Å². The van der Waals surface area contributed by atoms with Crippen molar-refractivity contribution in [2.24, 2.45) is 0 Å². The van der Waals surface area contributed by atoms with E-state index < -0.39 is 5.97 Å². The van der Waals surface area contributed by atoms with Crippen molar-refractivity contribution in [2.45, 2.75) is 32.1 Å². The molecule has 0 aromatic heterocycles. The second kappa shape index (κ2) is 3.40. The quantitative estimate of drug-likeness (QED) is 0.604. The lowest BCUT2D eigenvalue weighted by Crippen LogP contribution is -1.98. The predicted molar refractivity (Wildman–Crippen MR) is 38.8 cm³/mol. The molecule has 0 radical (unpaired) electrons. The number of allylic oxidation sites excluding steroid dienone is 1. The molecule has 1 rings (SSSR count). The second-order valence-electron chi connectivity index (χ2n) is 2.63. The summed E-state index contributed by atoms with van der Waals surface area (Å²) in [4.78, 5) is 10.4. The molecule has 0 aromatic rings. The van der Waals surface area contributed by atoms with E-state index in [0.717, 1.165) is 25.7 Å². The highest BCUT2D eigenvalue weighted by atomic mass is 16.4. The van der Waals surface area contributed by atoms with Gasteiger partial charge in [0.15, 0.2) is 0 Å². The molecule has 0 bridgehead atoms. The van der Waals surface area contributed by atoms with Gasteiger partial charge < -0.3 is 5.11 Å². The van der Waals surface area contributed by atoms with Crippen molar-refractivity contribution in [3.8, 4) is 0 Å². The lowest BCUT2D eigenvalue weighted by atomic mass is 10.1. The first-order valence-corrected chi connectivity index (χ1v) is 3.73. The Kier molecular flexibility index (Phi) is 2.49. The van der Waals surface area contributed by atoms with Crippen LogP contribution in [0.5, 0.6) is 0 Å². The molecule has 1 aliphatic rings. The molecular weight excluding hydrogens is 128 g/mol. The van der Waals surface area contributed by atoms with Crippen LogP contribution in [0.15, 0.2) is 11.6 Å². The van der Waals surface area contributed by atoms with Gasteiger partial charge in [-0.15, -0.1) is 0 Å². The highest BCUT2D eigenvalue weighted by molar-refractivity contribution is 5.86. The topological polar surface area (TPSA) is 37.3 Å². The Bertz CT molecular complexity index is 159. The maximum Gasteiger partial charge on any atom is 0.331 e. The Morgan fingerprint density at radius 2 is 2.20 bits per heavy atom. The average Bonchev–Trinajstić information content (AvgIpc) is 2.12. The minimum absolute atomic E-state index is 0.609. The van der Waals surface area contributed by atoms with Crippen molar-refractivity contribution in [3.05, 3.63) is 11.6 Å². The molecule has 0 unspecified atom stereocenters. The number of hydrogen-bond acceptors (Lipinski definition) is 1. The molecule has 0 amide bonds. The van der Waals surface area contributed by atoms with E-state index in [9.17, 15) is 4.79 Å². The molecule has 0 spiro atoms. The van der Waals surface area contributed by atoms with E-state index in [0.29, 0.717) is 5.57 Å². The normalized spacial score (nSPS) is 19.4. The van der Waals surface area contributed by atoms with Crippen LogP contribution < -0.4 is 0 Å². The van der Waals surface area contributed by atoms with Crippen molar-refractivity contribution in [1.29, 1.82) is 0 Å². The van der Waals surface area contributed by atoms with Gasteiger partial charge in [-0.2, -0.15) is 0 Å². The second-order valence-corrected chi connectivity index (χ2v) is 2.63. The minimum atomic E-state index is -0.734. The van der Waals surface area contributed by atoms with Crippen LogP contribution in [0.4, 0.5) is 0 Å². The molecule has 1 aliphatic carbocycles. The Morgan fingerprint density at radius 1 is 1.40 bits per heavy atom. The van der Waals surface area contributed by atoms with Gasteiger partial charge in [0.05, 0.1) is 0 Å². The zero-order valence-corrected chi connectivity index (χ0v) is 5.97. The summed E-state index contributed by atoms with van der Waals surface area (Å²) in [5.74, 6) is -0.734. The van der Waals surface area contributed by atoms with E-state index in [-0.39, 0.29) is 0 Å². The van der Waals surface area contributed by atoms with Gasteiger partial charge >= 0.3 is 5.97 Å². The van der Waals surface area contributed by atoms with Gasteiger partial charge in [0.2, 0.25) is 0 Å². The molecule has 2 nitrogen and oxygen atoms in total. The summed E-state index contributed by atoms with van der Waals surface area (Å²) in [6.07, 6.45) is 6.93. The number of carbonyl (C=O) groups is 1. The zero-order valence-electron chi connectivity index (χ0n) is 5.97. The predicted octanol–water partition coefficient (Wildman–Crippen LogP) is 1.96. The van der Waals surface area contributed by atoms with E-state index >= 15 is 0 Å². The third-order valence-corrected chi connectivity index (χ3v) is 1.82. The van der Waals surface area contributed by atoms with E-state index in [1.54, 1.807) is 0 Å². The number of carboxylic acid groups (broad SMARTS) is 1. The largest absolute Gasteiger partial charge is 0.478 e. The van der Waals surface area contributed by atoms with Crippen LogP contribution in [0.1, 0.15) is 32.1 Å². The molecule has 0 heterocycles. The van der Waals surface area contributed by atoms with Crippen LogP contribution in [0.3, 0.4) is 0 Å². The van der Waals surface area contributed by atoms with Crippen molar-refractivity contribution < 1.29 is 9.90 Å². The summed E-state index contributed by atoms with van der Waals surface area (Å²) in [5, 5.41) is 8.59. The molecular formula is C8H12O2. The van der Waals surface area contributed by atoms with E-state index in [2.05, 4.69) is 0 Å². The Labute approximate surface area is 60.6 Å². The molecule has 0 atom stereocenters. The Hall–Kier alpha value is -0.790. The monoisotopic (exact) mass is 140 g/mol. The maximum atomic E-state index is 10.4. The lowest BCUT2D eigenvalue weighted by Gasteiger charge is -1.95. The SMILES string of the molecule is O=C(O)C1=CCCCCC1. The first-order chi connectivity index (χ1) is 4.80. The van der Waals surface area contributed by atoms with E-state index in [1.807, 2.05) is 6.08 Å². The number of aliphatic carboxylic acids is 1. The Balaban J connectivity index is 2.54. The van der Waals surface area contributed by atoms with Crippen molar-refractivity contribution in [1.82, 2.24) is 0 Å². The number of hydrogen-bond donors (Lipinski definition) is 1. The number of carboxylic acids is 1. The standard InChI is InChI=1S/C8H12O2/c9-8(10)7-5-3-1-2-4-6-7/h5H,1-4,6H2,(H,9,10). The fraction of sp³-hybridized carbons (Fsp3) is 0.625. The summed E-state index contributed by atoms with van der Waals surface area (Å²) in [5.41, 5.74) is 0.609. The fourth-order valence-electron chi connectivity index (χ4n) is 1.21. The molecule has 1 N–H and O–H groups in total. The smallest absolute Gasteiger partial charge is 0.331 e. The molecule has 0 fully saturated rings. The van der Waals surface area contributed by atoms with E-state index in [4.69, 9.17) is 5.11 Å². The Morgan fingerprint density at radius 3 is 2.90 bits per heavy atom. The summed E-state index contributed by atoms with van der Waals surface area (Å²) >= 11 is 0. The van der Waals surface area contributed by atoms with E-state index in [1.165, 1.54) is 6.42 Å². The molecule has 0 saturated heterocycles. The minimum Gasteiger partial charge on any atom is -0.478 e. The first-order valence-electron chi connectivity index (χ1n) is 3.73. The van der Waals surface area contributed by atoms with Crippen LogP contribution in [0.2, 0.25) is 0 Å². The van der Waals surface area contributed by atoms with Gasteiger partial charge in [0, 0.05) is 5.57 Å². The summed E-state index contributed by atoms with van der Waals surface area (Å²) < 4.78 is 0. The van der Waals surface area contributed by atoms with Gasteiger partial charge in [-0.1, -0.05) is 12.5 Å². The maximum absolute atomic E-state index is 10.4. The van der Waals surface area contributed by atoms with Gasteiger partial charge in [-0.05, 0) is 25.7 Å². The first kappa shape index (κ1) is 7.32. The van der Waals surface area contributed by atoms with Gasteiger partial charge in [-0.25, -0.2) is 4.79 Å². The van der Waals surface area contributed by atoms with Crippen molar-refractivity contribution in [2.75, 3.05) is 0 Å². The highest BCUT2D eigenvalue weighted by Gasteiger charge is 2.08. The third-order valence-electron chi connectivity index (χ3n) is 1.82. The highest BCUT2D eigenvalue weighted by Crippen LogP contribution is 2.16. The van der Waals surface area contributed by atoms with Gasteiger partial charge in [-0.3, -0.25) is 0 Å². The van der Waals surface area contributed by atoms with Crippen LogP contribution in [0, 0.1) is 0 Å². The lowest BCUT2D eigenvalue weighted by molar-refractivity contribution is -0.132. The molecule has 0 aromatic carbocycles. The molecule has 0 saturated carbocycles. The van der Waals surface area contributed by atoms with Crippen molar-refractivity contribution >= 4 is 5.97 Å². The molecule has 0 aliphatic heterocycles.